The number of anilines is 2. The van der Waals surface area contributed by atoms with Crippen molar-refractivity contribution in [2.45, 2.75) is 17.1 Å². The topological polar surface area (TPSA) is 121 Å². The molecule has 242 valence electrons. The van der Waals surface area contributed by atoms with Crippen molar-refractivity contribution in [2.24, 2.45) is 0 Å². The van der Waals surface area contributed by atoms with Crippen molar-refractivity contribution in [3.05, 3.63) is 165 Å². The lowest BCUT2D eigenvalue weighted by Gasteiger charge is -2.21. The first-order valence-electron chi connectivity index (χ1n) is 15.2. The van der Waals surface area contributed by atoms with Crippen LogP contribution in [-0.4, -0.2) is 34.5 Å². The molecule has 8 nitrogen and oxygen atoms in total. The van der Waals surface area contributed by atoms with Crippen molar-refractivity contribution in [1.82, 2.24) is 5.32 Å². The third-order valence-corrected chi connectivity index (χ3v) is 9.36. The van der Waals surface area contributed by atoms with Gasteiger partial charge < -0.3 is 16.0 Å². The molecule has 1 atom stereocenters. The lowest BCUT2D eigenvalue weighted by atomic mass is 9.83. The minimum absolute atomic E-state index is 0.0618. The van der Waals surface area contributed by atoms with Crippen LogP contribution in [0.15, 0.2) is 136 Å². The van der Waals surface area contributed by atoms with Gasteiger partial charge in [0.2, 0.25) is 5.91 Å². The van der Waals surface area contributed by atoms with Crippen LogP contribution in [0.1, 0.15) is 54.7 Å². The second-order valence-corrected chi connectivity index (χ2v) is 13.4. The van der Waals surface area contributed by atoms with Crippen molar-refractivity contribution >= 4 is 74.4 Å². The number of hydrogen-bond acceptors (Lipinski definition) is 6. The maximum atomic E-state index is 13.4. The zero-order valence-electron chi connectivity index (χ0n) is 26.0. The largest absolute Gasteiger partial charge is 0.324 e. The molecule has 49 heavy (non-hydrogen) atoms. The van der Waals surface area contributed by atoms with E-state index in [2.05, 4.69) is 31.9 Å². The molecule has 1 aliphatic rings. The number of carbonyl (C=O) groups is 5. The molecule has 5 aromatic carbocycles. The Labute approximate surface area is 295 Å². The number of amides is 3. The number of ketones is 2. The molecule has 0 saturated heterocycles. The number of carbonyl (C=O) groups excluding carboxylic acids is 5. The molecule has 0 aliphatic heterocycles. The first-order chi connectivity index (χ1) is 23.7. The SMILES string of the molecule is CC(Sc1ccc(NC(=O)/C(=C/c2ccc(Br)cc2)NC(=O)c2ccccc2)cc1)C(=O)Nc1cccc2c1C(=O)c1ccccc1C2=O. The molecule has 1 unspecified atom stereocenters. The van der Waals surface area contributed by atoms with E-state index in [0.717, 1.165) is 14.9 Å². The predicted octanol–water partition coefficient (Wildman–Crippen LogP) is 7.75. The van der Waals surface area contributed by atoms with E-state index in [1.807, 2.05) is 24.3 Å². The Morgan fingerprint density at radius 2 is 1.33 bits per heavy atom. The van der Waals surface area contributed by atoms with Crippen molar-refractivity contribution in [2.75, 3.05) is 10.6 Å². The summed E-state index contributed by atoms with van der Waals surface area (Å²) in [6.45, 7) is 1.74. The van der Waals surface area contributed by atoms with Crippen LogP contribution in [-0.2, 0) is 9.59 Å². The van der Waals surface area contributed by atoms with Gasteiger partial charge in [-0.05, 0) is 73.2 Å². The molecule has 0 bridgehead atoms. The molecule has 6 rings (SSSR count). The van der Waals surface area contributed by atoms with Gasteiger partial charge in [-0.1, -0.05) is 82.7 Å². The molecule has 5 aromatic rings. The third kappa shape index (κ3) is 7.61. The predicted molar refractivity (Wildman–Crippen MR) is 195 cm³/mol. The van der Waals surface area contributed by atoms with Gasteiger partial charge in [-0.25, -0.2) is 0 Å². The van der Waals surface area contributed by atoms with Gasteiger partial charge in [0.1, 0.15) is 5.70 Å². The molecule has 0 aromatic heterocycles. The Morgan fingerprint density at radius 3 is 2.02 bits per heavy atom. The Balaban J connectivity index is 1.12. The van der Waals surface area contributed by atoms with E-state index in [0.29, 0.717) is 22.4 Å². The monoisotopic (exact) mass is 729 g/mol. The van der Waals surface area contributed by atoms with E-state index >= 15 is 0 Å². The summed E-state index contributed by atoms with van der Waals surface area (Å²) in [5.74, 6) is -1.84. The maximum Gasteiger partial charge on any atom is 0.272 e. The average molecular weight is 731 g/mol. The number of nitrogens with one attached hydrogen (secondary N) is 3. The van der Waals surface area contributed by atoms with Gasteiger partial charge in [-0.3, -0.25) is 24.0 Å². The number of thioether (sulfide) groups is 1. The summed E-state index contributed by atoms with van der Waals surface area (Å²) in [6, 6.07) is 34.4. The lowest BCUT2D eigenvalue weighted by Crippen LogP contribution is -2.30. The molecule has 0 heterocycles. The summed E-state index contributed by atoms with van der Waals surface area (Å²) in [7, 11) is 0. The smallest absolute Gasteiger partial charge is 0.272 e. The van der Waals surface area contributed by atoms with Crippen LogP contribution >= 0.6 is 27.7 Å². The quantitative estimate of drug-likeness (QED) is 0.103. The normalized spacial score (nSPS) is 12.7. The van der Waals surface area contributed by atoms with E-state index in [1.54, 1.807) is 110 Å². The van der Waals surface area contributed by atoms with Gasteiger partial charge in [0.15, 0.2) is 11.6 Å². The van der Waals surface area contributed by atoms with E-state index in [1.165, 1.54) is 11.8 Å². The Bertz CT molecular complexity index is 2130. The molecule has 10 heteroatoms. The fourth-order valence-corrected chi connectivity index (χ4v) is 6.36. The van der Waals surface area contributed by atoms with Gasteiger partial charge in [-0.15, -0.1) is 11.8 Å². The summed E-state index contributed by atoms with van der Waals surface area (Å²) >= 11 is 4.70. The molecule has 3 amide bonds. The summed E-state index contributed by atoms with van der Waals surface area (Å²) < 4.78 is 0.880. The highest BCUT2D eigenvalue weighted by Gasteiger charge is 2.32. The van der Waals surface area contributed by atoms with Gasteiger partial charge in [0, 0.05) is 37.3 Å². The van der Waals surface area contributed by atoms with Crippen LogP contribution in [0.25, 0.3) is 6.08 Å². The zero-order chi connectivity index (χ0) is 34.5. The Kier molecular flexibility index (Phi) is 9.98. The fourth-order valence-electron chi connectivity index (χ4n) is 5.22. The highest BCUT2D eigenvalue weighted by molar-refractivity contribution is 9.10. The number of hydrogen-bond donors (Lipinski definition) is 3. The summed E-state index contributed by atoms with van der Waals surface area (Å²) in [5.41, 5.74) is 3.07. The second-order valence-electron chi connectivity index (χ2n) is 11.1. The van der Waals surface area contributed by atoms with Crippen LogP contribution in [0.3, 0.4) is 0 Å². The summed E-state index contributed by atoms with van der Waals surface area (Å²) in [6.07, 6.45) is 1.60. The summed E-state index contributed by atoms with van der Waals surface area (Å²) in [4.78, 5) is 66.7. The van der Waals surface area contributed by atoms with E-state index in [4.69, 9.17) is 0 Å². The Morgan fingerprint density at radius 1 is 0.694 bits per heavy atom. The van der Waals surface area contributed by atoms with Crippen molar-refractivity contribution in [1.29, 1.82) is 0 Å². The van der Waals surface area contributed by atoms with Gasteiger partial charge in [-0.2, -0.15) is 0 Å². The van der Waals surface area contributed by atoms with Crippen LogP contribution in [0.5, 0.6) is 0 Å². The molecule has 0 spiro atoms. The zero-order valence-corrected chi connectivity index (χ0v) is 28.4. The molecule has 0 radical (unpaired) electrons. The molecule has 0 saturated carbocycles. The van der Waals surface area contributed by atoms with Crippen molar-refractivity contribution in [3.63, 3.8) is 0 Å². The minimum Gasteiger partial charge on any atom is -0.324 e. The number of fused-ring (bicyclic) bond motifs is 2. The summed E-state index contributed by atoms with van der Waals surface area (Å²) in [5, 5.41) is 7.83. The van der Waals surface area contributed by atoms with Crippen LogP contribution < -0.4 is 16.0 Å². The highest BCUT2D eigenvalue weighted by Crippen LogP contribution is 2.33. The number of halogens is 1. The van der Waals surface area contributed by atoms with E-state index in [9.17, 15) is 24.0 Å². The minimum atomic E-state index is -0.563. The van der Waals surface area contributed by atoms with Crippen molar-refractivity contribution in [3.8, 4) is 0 Å². The fraction of sp³-hybridized carbons (Fsp3) is 0.0513. The standard InChI is InChI=1S/C39H28BrN3O5S/c1-23(37(46)42-32-13-7-12-31-34(32)36(45)30-11-6-5-10-29(30)35(31)44)49-28-20-18-27(19-21-28)41-39(48)33(22-24-14-16-26(40)17-15-24)43-38(47)25-8-3-2-4-9-25/h2-23H,1H3,(H,41,48)(H,42,46)(H,43,47)/b33-22-. The van der Waals surface area contributed by atoms with Crippen LogP contribution in [0, 0.1) is 0 Å². The Hall–Kier alpha value is -5.58. The van der Waals surface area contributed by atoms with Gasteiger partial charge in [0.25, 0.3) is 11.8 Å². The first kappa shape index (κ1) is 33.3. The molecule has 1 aliphatic carbocycles. The second kappa shape index (κ2) is 14.7. The van der Waals surface area contributed by atoms with Gasteiger partial charge >= 0.3 is 0 Å². The molecule has 3 N–H and O–H groups in total. The van der Waals surface area contributed by atoms with Crippen LogP contribution in [0.2, 0.25) is 0 Å². The first-order valence-corrected chi connectivity index (χ1v) is 16.9. The van der Waals surface area contributed by atoms with Crippen molar-refractivity contribution < 1.29 is 24.0 Å². The maximum absolute atomic E-state index is 13.4. The number of rotatable bonds is 9. The molecular formula is C39H28BrN3O5S. The van der Waals surface area contributed by atoms with E-state index in [-0.39, 0.29) is 40.0 Å². The highest BCUT2D eigenvalue weighted by atomic mass is 79.9. The molecule has 0 fully saturated rings. The van der Waals surface area contributed by atoms with E-state index < -0.39 is 17.1 Å². The third-order valence-electron chi connectivity index (χ3n) is 7.71. The average Bonchev–Trinajstić information content (AvgIpc) is 3.12. The van der Waals surface area contributed by atoms with Gasteiger partial charge in [0.05, 0.1) is 16.5 Å². The number of benzene rings is 5. The molecular weight excluding hydrogens is 702 g/mol. The van der Waals surface area contributed by atoms with Crippen LogP contribution in [0.4, 0.5) is 11.4 Å². The lowest BCUT2D eigenvalue weighted by molar-refractivity contribution is -0.115.